The number of nitrogens with one attached hydrogen (secondary N) is 2. The molecule has 0 saturated carbocycles. The number of carbonyl (C=O) groups is 1. The number of rotatable bonds is 5. The third-order valence-electron chi connectivity index (χ3n) is 3.02. The molecule has 0 radical (unpaired) electrons. The second-order valence-corrected chi connectivity index (χ2v) is 6.82. The van der Waals surface area contributed by atoms with Gasteiger partial charge in [-0.1, -0.05) is 18.2 Å². The van der Waals surface area contributed by atoms with E-state index in [0.717, 1.165) is 0 Å². The third kappa shape index (κ3) is 4.53. The number of anilines is 2. The minimum absolute atomic E-state index is 0.00681. The number of methoxy groups -OCH3 is 1. The van der Waals surface area contributed by atoms with E-state index in [1.54, 1.807) is 44.1 Å². The largest absolute Gasteiger partial charge is 0.467 e. The van der Waals surface area contributed by atoms with E-state index in [1.165, 1.54) is 13.2 Å². The second kappa shape index (κ2) is 7.30. The highest BCUT2D eigenvalue weighted by atomic mass is 32.2. The smallest absolute Gasteiger partial charge is 0.335 e. The Bertz CT molecular complexity index is 885. The van der Waals surface area contributed by atoms with E-state index in [1.807, 2.05) is 4.72 Å². The molecule has 1 aromatic carbocycles. The van der Waals surface area contributed by atoms with Gasteiger partial charge < -0.3 is 9.64 Å². The summed E-state index contributed by atoms with van der Waals surface area (Å²) in [6.07, 6.45) is 0. The van der Waals surface area contributed by atoms with Gasteiger partial charge in [-0.2, -0.15) is 15.0 Å². The molecule has 2 N–H and O–H groups in total. The van der Waals surface area contributed by atoms with Crippen molar-refractivity contribution in [2.24, 2.45) is 0 Å². The summed E-state index contributed by atoms with van der Waals surface area (Å²) in [4.78, 5) is 25.5. The highest BCUT2D eigenvalue weighted by molar-refractivity contribution is 7.90. The molecule has 25 heavy (non-hydrogen) atoms. The van der Waals surface area contributed by atoms with Crippen LogP contribution >= 0.6 is 0 Å². The summed E-state index contributed by atoms with van der Waals surface area (Å²) in [6.45, 7) is 1.63. The van der Waals surface area contributed by atoms with Gasteiger partial charge in [-0.3, -0.25) is 5.32 Å². The van der Waals surface area contributed by atoms with Gasteiger partial charge in [0.1, 0.15) is 0 Å². The summed E-state index contributed by atoms with van der Waals surface area (Å²) in [6, 6.07) is 5.29. The van der Waals surface area contributed by atoms with E-state index in [0.29, 0.717) is 5.56 Å². The predicted molar refractivity (Wildman–Crippen MR) is 91.2 cm³/mol. The van der Waals surface area contributed by atoms with Crippen LogP contribution in [0.3, 0.4) is 0 Å². The fourth-order valence-electron chi connectivity index (χ4n) is 1.86. The topological polar surface area (TPSA) is 126 Å². The summed E-state index contributed by atoms with van der Waals surface area (Å²) in [5.41, 5.74) is 0.513. The van der Waals surface area contributed by atoms with E-state index in [-0.39, 0.29) is 22.8 Å². The zero-order valence-electron chi connectivity index (χ0n) is 14.1. The first kappa shape index (κ1) is 18.4. The average Bonchev–Trinajstić information content (AvgIpc) is 2.53. The van der Waals surface area contributed by atoms with Crippen LogP contribution in [-0.2, 0) is 10.0 Å². The molecule has 0 unspecified atom stereocenters. The standard InChI is InChI=1S/C14H18N6O4S/c1-9-7-5-6-8-10(9)25(22,23)19-13(21)16-11-15-12(20(2)3)18-14(17-11)24-4/h5-8H,1-4H3,(H2,15,16,17,18,19,21). The minimum atomic E-state index is -4.03. The number of urea groups is 1. The van der Waals surface area contributed by atoms with Crippen LogP contribution in [0.15, 0.2) is 29.2 Å². The fraction of sp³-hybridized carbons (Fsp3) is 0.286. The summed E-state index contributed by atoms with van der Waals surface area (Å²) in [5.74, 6) is 0.0944. The molecule has 1 heterocycles. The van der Waals surface area contributed by atoms with E-state index in [4.69, 9.17) is 4.74 Å². The van der Waals surface area contributed by atoms with Gasteiger partial charge in [-0.25, -0.2) is 17.9 Å². The van der Waals surface area contributed by atoms with Crippen molar-refractivity contribution in [3.8, 4) is 6.01 Å². The number of aryl methyl sites for hydroxylation is 1. The molecule has 0 fully saturated rings. The molecule has 0 aliphatic heterocycles. The molecular formula is C14H18N6O4S. The van der Waals surface area contributed by atoms with Crippen LogP contribution < -0.4 is 19.7 Å². The minimum Gasteiger partial charge on any atom is -0.467 e. The van der Waals surface area contributed by atoms with Crippen molar-refractivity contribution in [2.75, 3.05) is 31.4 Å². The lowest BCUT2D eigenvalue weighted by Crippen LogP contribution is -2.35. The molecule has 0 atom stereocenters. The lowest BCUT2D eigenvalue weighted by atomic mass is 10.2. The van der Waals surface area contributed by atoms with Crippen LogP contribution in [0.5, 0.6) is 6.01 Å². The van der Waals surface area contributed by atoms with Crippen molar-refractivity contribution >= 4 is 28.0 Å². The van der Waals surface area contributed by atoms with Crippen LogP contribution in [0.1, 0.15) is 5.56 Å². The Kier molecular flexibility index (Phi) is 5.37. The number of benzene rings is 1. The van der Waals surface area contributed by atoms with E-state index < -0.39 is 16.1 Å². The maximum atomic E-state index is 12.3. The van der Waals surface area contributed by atoms with E-state index in [2.05, 4.69) is 20.3 Å². The van der Waals surface area contributed by atoms with E-state index >= 15 is 0 Å². The Morgan fingerprint density at radius 1 is 1.16 bits per heavy atom. The number of hydrogen-bond acceptors (Lipinski definition) is 8. The first-order chi connectivity index (χ1) is 11.7. The number of sulfonamides is 1. The zero-order chi connectivity index (χ0) is 18.6. The summed E-state index contributed by atoms with van der Waals surface area (Å²) < 4.78 is 31.4. The highest BCUT2D eigenvalue weighted by Gasteiger charge is 2.20. The van der Waals surface area contributed by atoms with Gasteiger partial charge in [0, 0.05) is 14.1 Å². The van der Waals surface area contributed by atoms with Gasteiger partial charge in [0.2, 0.25) is 11.9 Å². The number of amides is 2. The Balaban J connectivity index is 2.20. The van der Waals surface area contributed by atoms with Crippen molar-refractivity contribution < 1.29 is 17.9 Å². The van der Waals surface area contributed by atoms with Gasteiger partial charge in [-0.15, -0.1) is 0 Å². The molecule has 0 aliphatic carbocycles. The van der Waals surface area contributed by atoms with Crippen molar-refractivity contribution in [1.29, 1.82) is 0 Å². The molecule has 0 aliphatic rings. The van der Waals surface area contributed by atoms with Crippen LogP contribution in [0, 0.1) is 6.92 Å². The molecule has 2 aromatic rings. The molecule has 0 bridgehead atoms. The zero-order valence-corrected chi connectivity index (χ0v) is 15.0. The van der Waals surface area contributed by atoms with E-state index in [9.17, 15) is 13.2 Å². The number of nitrogens with zero attached hydrogens (tertiary/aromatic N) is 4. The predicted octanol–water partition coefficient (Wildman–Crippen LogP) is 0.765. The van der Waals surface area contributed by atoms with Gasteiger partial charge in [0.05, 0.1) is 12.0 Å². The molecule has 10 nitrogen and oxygen atoms in total. The van der Waals surface area contributed by atoms with Crippen LogP contribution in [0.25, 0.3) is 0 Å². The first-order valence-corrected chi connectivity index (χ1v) is 8.58. The van der Waals surface area contributed by atoms with Crippen molar-refractivity contribution in [3.63, 3.8) is 0 Å². The Labute approximate surface area is 145 Å². The molecule has 11 heteroatoms. The molecule has 2 amide bonds. The van der Waals surface area contributed by atoms with Crippen LogP contribution in [0.2, 0.25) is 0 Å². The first-order valence-electron chi connectivity index (χ1n) is 7.10. The van der Waals surface area contributed by atoms with Crippen molar-refractivity contribution in [3.05, 3.63) is 29.8 Å². The summed E-state index contributed by atoms with van der Waals surface area (Å²) >= 11 is 0. The molecule has 2 rings (SSSR count). The molecular weight excluding hydrogens is 348 g/mol. The maximum absolute atomic E-state index is 12.3. The fourth-order valence-corrected chi connectivity index (χ4v) is 3.01. The van der Waals surface area contributed by atoms with Gasteiger partial charge in [0.15, 0.2) is 0 Å². The molecule has 0 saturated heterocycles. The Morgan fingerprint density at radius 2 is 1.84 bits per heavy atom. The number of ether oxygens (including phenoxy) is 1. The number of hydrogen-bond donors (Lipinski definition) is 2. The second-order valence-electron chi connectivity index (χ2n) is 5.17. The van der Waals surface area contributed by atoms with Gasteiger partial charge >= 0.3 is 12.0 Å². The number of aromatic nitrogens is 3. The van der Waals surface area contributed by atoms with Gasteiger partial charge in [-0.05, 0) is 18.6 Å². The Hall–Kier alpha value is -2.95. The highest BCUT2D eigenvalue weighted by Crippen LogP contribution is 2.15. The normalized spacial score (nSPS) is 10.9. The van der Waals surface area contributed by atoms with Crippen molar-refractivity contribution in [2.45, 2.75) is 11.8 Å². The monoisotopic (exact) mass is 366 g/mol. The molecule has 0 spiro atoms. The Morgan fingerprint density at radius 3 is 2.44 bits per heavy atom. The molecule has 134 valence electrons. The lowest BCUT2D eigenvalue weighted by molar-refractivity contribution is 0.256. The summed E-state index contributed by atoms with van der Waals surface area (Å²) in [5, 5.41) is 2.26. The third-order valence-corrected chi connectivity index (χ3v) is 4.51. The molecule has 1 aromatic heterocycles. The maximum Gasteiger partial charge on any atom is 0.335 e. The average molecular weight is 366 g/mol. The summed E-state index contributed by atoms with van der Waals surface area (Å²) in [7, 11) is 0.726. The SMILES string of the molecule is COc1nc(NC(=O)NS(=O)(=O)c2ccccc2C)nc(N(C)C)n1. The van der Waals surface area contributed by atoms with Gasteiger partial charge in [0.25, 0.3) is 10.0 Å². The quantitative estimate of drug-likeness (QED) is 0.794. The number of carbonyl (C=O) groups excluding carboxylic acids is 1. The van der Waals surface area contributed by atoms with Crippen LogP contribution in [-0.4, -0.2) is 50.6 Å². The van der Waals surface area contributed by atoms with Crippen molar-refractivity contribution in [1.82, 2.24) is 19.7 Å². The lowest BCUT2D eigenvalue weighted by Gasteiger charge is -2.13. The van der Waals surface area contributed by atoms with Crippen LogP contribution in [0.4, 0.5) is 16.7 Å².